The number of carbonyl (C=O) groups excluding carboxylic acids is 1. The predicted octanol–water partition coefficient (Wildman–Crippen LogP) is 2.28. The molecule has 2 aliphatic rings. The van der Waals surface area contributed by atoms with Crippen LogP contribution in [-0.2, 0) is 4.74 Å². The number of rotatable bonds is 3. The highest BCUT2D eigenvalue weighted by molar-refractivity contribution is 5.95. The fourth-order valence-electron chi connectivity index (χ4n) is 4.08. The van der Waals surface area contributed by atoms with Gasteiger partial charge in [0.15, 0.2) is 0 Å². The van der Waals surface area contributed by atoms with Gasteiger partial charge in [-0.1, -0.05) is 23.4 Å². The summed E-state index contributed by atoms with van der Waals surface area (Å²) in [6, 6.07) is 15.4. The lowest BCUT2D eigenvalue weighted by molar-refractivity contribution is -0.176. The molecule has 2 aromatic carbocycles. The number of benzene rings is 2. The Hall–Kier alpha value is -3.52. The fourth-order valence-corrected chi connectivity index (χ4v) is 4.08. The summed E-state index contributed by atoms with van der Waals surface area (Å²) in [6.07, 6.45) is 1.84. The number of amides is 1. The van der Waals surface area contributed by atoms with Gasteiger partial charge in [0.05, 0.1) is 36.0 Å². The minimum absolute atomic E-state index is 0.0661. The van der Waals surface area contributed by atoms with E-state index in [1.54, 1.807) is 4.68 Å². The van der Waals surface area contributed by atoms with Gasteiger partial charge in [0.25, 0.3) is 5.91 Å². The van der Waals surface area contributed by atoms with Gasteiger partial charge < -0.3 is 9.64 Å². The van der Waals surface area contributed by atoms with Gasteiger partial charge in [-0.05, 0) is 30.3 Å². The number of fused-ring (bicyclic) bond motifs is 1. The zero-order valence-corrected chi connectivity index (χ0v) is 15.6. The molecule has 2 saturated heterocycles. The molecule has 4 aromatic rings. The van der Waals surface area contributed by atoms with Gasteiger partial charge in [0.2, 0.25) is 0 Å². The number of aromatic amines is 1. The molecule has 0 unspecified atom stereocenters. The van der Waals surface area contributed by atoms with Crippen LogP contribution in [0.1, 0.15) is 10.4 Å². The molecule has 0 aliphatic carbocycles. The van der Waals surface area contributed by atoms with E-state index in [4.69, 9.17) is 4.74 Å². The molecule has 0 bridgehead atoms. The van der Waals surface area contributed by atoms with E-state index >= 15 is 0 Å². The van der Waals surface area contributed by atoms with Crippen LogP contribution in [0.15, 0.2) is 54.7 Å². The third-order valence-corrected chi connectivity index (χ3v) is 5.74. The lowest BCUT2D eigenvalue weighted by Gasteiger charge is -2.54. The monoisotopic (exact) mass is 386 g/mol. The van der Waals surface area contributed by atoms with Crippen LogP contribution in [-0.4, -0.2) is 62.3 Å². The van der Waals surface area contributed by atoms with Gasteiger partial charge in [-0.15, -0.1) is 5.10 Å². The first kappa shape index (κ1) is 16.4. The van der Waals surface area contributed by atoms with Crippen molar-refractivity contribution in [2.45, 2.75) is 0 Å². The summed E-state index contributed by atoms with van der Waals surface area (Å²) >= 11 is 0. The zero-order valence-electron chi connectivity index (χ0n) is 15.6. The van der Waals surface area contributed by atoms with Crippen LogP contribution >= 0.6 is 0 Å². The molecule has 2 fully saturated rings. The fraction of sp³-hybridized carbons (Fsp3) is 0.238. The lowest BCUT2D eigenvalue weighted by atomic mass is 9.78. The van der Waals surface area contributed by atoms with E-state index in [0.717, 1.165) is 48.6 Å². The van der Waals surface area contributed by atoms with E-state index in [0.29, 0.717) is 11.3 Å². The summed E-state index contributed by atoms with van der Waals surface area (Å²) in [7, 11) is 0. The van der Waals surface area contributed by atoms with Crippen LogP contribution in [0.2, 0.25) is 0 Å². The molecule has 0 atom stereocenters. The maximum atomic E-state index is 12.6. The molecule has 4 heterocycles. The highest BCUT2D eigenvalue weighted by Crippen LogP contribution is 2.38. The van der Waals surface area contributed by atoms with Crippen molar-refractivity contribution in [1.29, 1.82) is 0 Å². The first-order valence-electron chi connectivity index (χ1n) is 9.54. The Morgan fingerprint density at radius 1 is 1.07 bits per heavy atom. The number of hydrogen-bond donors (Lipinski definition) is 1. The van der Waals surface area contributed by atoms with Crippen molar-refractivity contribution >= 4 is 16.8 Å². The summed E-state index contributed by atoms with van der Waals surface area (Å²) in [6.45, 7) is 3.13. The number of para-hydroxylation sites is 1. The van der Waals surface area contributed by atoms with Gasteiger partial charge in [0.1, 0.15) is 11.4 Å². The van der Waals surface area contributed by atoms with Crippen LogP contribution in [0.25, 0.3) is 28.0 Å². The Balaban J connectivity index is 1.22. The highest BCUT2D eigenvalue weighted by Gasteiger charge is 2.50. The number of H-pyrrole nitrogens is 1. The minimum Gasteiger partial charge on any atom is -0.380 e. The number of nitrogens with zero attached hydrogens (tertiary/aromatic N) is 5. The van der Waals surface area contributed by atoms with Crippen LogP contribution in [0.3, 0.4) is 0 Å². The average Bonchev–Trinajstić information content (AvgIpc) is 3.33. The molecule has 2 aromatic heterocycles. The van der Waals surface area contributed by atoms with E-state index in [-0.39, 0.29) is 11.3 Å². The van der Waals surface area contributed by atoms with E-state index in [9.17, 15) is 4.79 Å². The van der Waals surface area contributed by atoms with E-state index < -0.39 is 0 Å². The first-order valence-corrected chi connectivity index (χ1v) is 9.54. The Kier molecular flexibility index (Phi) is 3.39. The molecular formula is C21H18N6O2. The largest absolute Gasteiger partial charge is 0.380 e. The lowest BCUT2D eigenvalue weighted by Crippen LogP contribution is -2.67. The second kappa shape index (κ2) is 5.99. The molecule has 1 N–H and O–H groups in total. The van der Waals surface area contributed by atoms with Gasteiger partial charge in [-0.2, -0.15) is 5.10 Å². The van der Waals surface area contributed by atoms with Gasteiger partial charge in [-0.3, -0.25) is 9.89 Å². The highest BCUT2D eigenvalue weighted by atomic mass is 16.5. The maximum Gasteiger partial charge on any atom is 0.253 e. The number of aromatic nitrogens is 5. The quantitative estimate of drug-likeness (QED) is 0.584. The molecule has 0 saturated carbocycles. The number of ether oxygens (including phenoxy) is 1. The van der Waals surface area contributed by atoms with Crippen LogP contribution in [0.5, 0.6) is 0 Å². The summed E-state index contributed by atoms with van der Waals surface area (Å²) in [5, 5.41) is 16.9. The topological polar surface area (TPSA) is 88.9 Å². The summed E-state index contributed by atoms with van der Waals surface area (Å²) in [5.74, 6) is 0.0661. The molecule has 144 valence electrons. The molecule has 8 heteroatoms. The molecule has 29 heavy (non-hydrogen) atoms. The van der Waals surface area contributed by atoms with Crippen LogP contribution in [0, 0.1) is 5.41 Å². The number of carbonyl (C=O) groups is 1. The molecule has 6 rings (SSSR count). The molecule has 8 nitrogen and oxygen atoms in total. The molecule has 0 radical (unpaired) electrons. The van der Waals surface area contributed by atoms with E-state index in [1.165, 1.54) is 0 Å². The second-order valence-corrected chi connectivity index (χ2v) is 7.87. The van der Waals surface area contributed by atoms with Crippen LogP contribution in [0.4, 0.5) is 0 Å². The van der Waals surface area contributed by atoms with Crippen molar-refractivity contribution in [3.63, 3.8) is 0 Å². The minimum atomic E-state index is 0.0661. The number of nitrogens with one attached hydrogen (secondary N) is 1. The third-order valence-electron chi connectivity index (χ3n) is 5.74. The summed E-state index contributed by atoms with van der Waals surface area (Å²) < 4.78 is 6.96. The van der Waals surface area contributed by atoms with Crippen molar-refractivity contribution < 1.29 is 9.53 Å². The molecule has 1 spiro atoms. The zero-order chi connectivity index (χ0) is 19.4. The van der Waals surface area contributed by atoms with Crippen molar-refractivity contribution in [2.75, 3.05) is 26.3 Å². The van der Waals surface area contributed by atoms with Gasteiger partial charge >= 0.3 is 0 Å². The second-order valence-electron chi connectivity index (χ2n) is 7.87. The molecule has 1 amide bonds. The molecule has 2 aliphatic heterocycles. The van der Waals surface area contributed by atoms with E-state index in [1.807, 2.05) is 59.6 Å². The Morgan fingerprint density at radius 2 is 1.86 bits per heavy atom. The van der Waals surface area contributed by atoms with Crippen molar-refractivity contribution in [3.05, 3.63) is 60.3 Å². The van der Waals surface area contributed by atoms with Gasteiger partial charge in [0, 0.05) is 24.0 Å². The number of likely N-dealkylation sites (tertiary alicyclic amines) is 1. The Labute approximate surface area is 166 Å². The van der Waals surface area contributed by atoms with Crippen molar-refractivity contribution in [1.82, 2.24) is 30.1 Å². The first-order chi connectivity index (χ1) is 14.2. The van der Waals surface area contributed by atoms with Crippen molar-refractivity contribution in [3.8, 4) is 17.1 Å². The van der Waals surface area contributed by atoms with E-state index in [2.05, 4.69) is 20.5 Å². The predicted molar refractivity (Wildman–Crippen MR) is 106 cm³/mol. The third kappa shape index (κ3) is 2.56. The summed E-state index contributed by atoms with van der Waals surface area (Å²) in [5.41, 5.74) is 4.17. The number of hydrogen-bond acceptors (Lipinski definition) is 5. The Bertz CT molecular complexity index is 1210. The summed E-state index contributed by atoms with van der Waals surface area (Å²) in [4.78, 5) is 14.5. The maximum absolute atomic E-state index is 12.6. The SMILES string of the molecule is O=C(c1ccc(-n2cc(-c3n[nH]c4ccccc34)nn2)cc1)N1CC2(COC2)C1. The smallest absolute Gasteiger partial charge is 0.253 e. The van der Waals surface area contributed by atoms with Gasteiger partial charge in [-0.25, -0.2) is 4.68 Å². The molecular weight excluding hydrogens is 368 g/mol. The normalized spacial score (nSPS) is 17.3. The van der Waals surface area contributed by atoms with Crippen LogP contribution < -0.4 is 0 Å². The Morgan fingerprint density at radius 3 is 2.62 bits per heavy atom. The van der Waals surface area contributed by atoms with Crippen molar-refractivity contribution in [2.24, 2.45) is 5.41 Å². The standard InChI is InChI=1S/C21H18N6O2/c28-20(26-10-21(11-26)12-29-13-21)14-5-7-15(8-6-14)27-9-18(23-25-27)19-16-3-1-2-4-17(16)22-24-19/h1-9H,10-13H2,(H,22,24). The average molecular weight is 386 g/mol.